The Morgan fingerprint density at radius 2 is 1.96 bits per heavy atom. The molecule has 0 aliphatic rings. The van der Waals surface area contributed by atoms with E-state index in [4.69, 9.17) is 0 Å². The summed E-state index contributed by atoms with van der Waals surface area (Å²) >= 11 is 0. The lowest BCUT2D eigenvalue weighted by Gasteiger charge is -2.21. The van der Waals surface area contributed by atoms with Crippen molar-refractivity contribution in [3.8, 4) is 0 Å². The fraction of sp³-hybridized carbons (Fsp3) is 0.421. The molecule has 0 saturated carbocycles. The SMILES string of the molecule is CC(C)c1nn(Cc2cccc(F)c2)c(=O)c2c1cnn2C(C)(C)C. The molecule has 0 saturated heterocycles. The Morgan fingerprint density at radius 1 is 1.24 bits per heavy atom. The Balaban J connectivity index is 2.25. The number of nitrogens with zero attached hydrogens (tertiary/aromatic N) is 4. The zero-order valence-corrected chi connectivity index (χ0v) is 15.2. The van der Waals surface area contributed by atoms with Crippen LogP contribution in [-0.2, 0) is 12.1 Å². The third-order valence-electron chi connectivity index (χ3n) is 4.11. The van der Waals surface area contributed by atoms with E-state index in [0.29, 0.717) is 11.1 Å². The number of fused-ring (bicyclic) bond motifs is 1. The van der Waals surface area contributed by atoms with E-state index in [1.54, 1.807) is 23.0 Å². The maximum absolute atomic E-state index is 13.5. The molecule has 0 radical (unpaired) electrons. The quantitative estimate of drug-likeness (QED) is 0.730. The van der Waals surface area contributed by atoms with Gasteiger partial charge in [-0.3, -0.25) is 9.48 Å². The normalized spacial score (nSPS) is 12.3. The van der Waals surface area contributed by atoms with E-state index in [-0.39, 0.29) is 29.4 Å². The Kier molecular flexibility index (Phi) is 4.22. The van der Waals surface area contributed by atoms with E-state index < -0.39 is 0 Å². The summed E-state index contributed by atoms with van der Waals surface area (Å²) in [6, 6.07) is 6.24. The second-order valence-electron chi connectivity index (χ2n) is 7.62. The summed E-state index contributed by atoms with van der Waals surface area (Å²) in [6.07, 6.45) is 1.72. The maximum Gasteiger partial charge on any atom is 0.293 e. The molecule has 2 heterocycles. The molecule has 0 amide bonds. The number of aromatic nitrogens is 4. The summed E-state index contributed by atoms with van der Waals surface area (Å²) in [5.41, 5.74) is 1.53. The Morgan fingerprint density at radius 3 is 2.56 bits per heavy atom. The second-order valence-corrected chi connectivity index (χ2v) is 7.62. The van der Waals surface area contributed by atoms with E-state index in [1.807, 2.05) is 34.6 Å². The van der Waals surface area contributed by atoms with Gasteiger partial charge in [0, 0.05) is 5.39 Å². The molecular formula is C19H23FN4O. The minimum Gasteiger partial charge on any atom is -0.265 e. The molecule has 0 N–H and O–H groups in total. The van der Waals surface area contributed by atoms with Crippen LogP contribution in [0, 0.1) is 5.82 Å². The molecule has 0 aliphatic carbocycles. The van der Waals surface area contributed by atoms with Crippen LogP contribution >= 0.6 is 0 Å². The van der Waals surface area contributed by atoms with Crippen molar-refractivity contribution < 1.29 is 4.39 Å². The lowest BCUT2D eigenvalue weighted by Crippen LogP contribution is -2.31. The first kappa shape index (κ1) is 17.3. The lowest BCUT2D eigenvalue weighted by atomic mass is 10.1. The highest BCUT2D eigenvalue weighted by atomic mass is 19.1. The first-order chi connectivity index (χ1) is 11.7. The van der Waals surface area contributed by atoms with Gasteiger partial charge < -0.3 is 0 Å². The largest absolute Gasteiger partial charge is 0.293 e. The van der Waals surface area contributed by atoms with Crippen LogP contribution in [0.5, 0.6) is 0 Å². The minimum absolute atomic E-state index is 0.138. The van der Waals surface area contributed by atoms with Gasteiger partial charge in [0.1, 0.15) is 11.3 Å². The van der Waals surface area contributed by atoms with Gasteiger partial charge in [-0.2, -0.15) is 10.2 Å². The Hall–Kier alpha value is -2.50. The molecule has 0 aliphatic heterocycles. The molecule has 5 nitrogen and oxygen atoms in total. The molecule has 0 fully saturated rings. The van der Waals surface area contributed by atoms with Gasteiger partial charge in [-0.25, -0.2) is 9.07 Å². The van der Waals surface area contributed by atoms with Crippen LogP contribution < -0.4 is 5.56 Å². The summed E-state index contributed by atoms with van der Waals surface area (Å²) in [5.74, 6) is -0.185. The molecule has 1 aromatic carbocycles. The number of benzene rings is 1. The fourth-order valence-electron chi connectivity index (χ4n) is 2.94. The highest BCUT2D eigenvalue weighted by Crippen LogP contribution is 2.24. The van der Waals surface area contributed by atoms with Crippen molar-refractivity contribution >= 4 is 10.9 Å². The van der Waals surface area contributed by atoms with E-state index in [1.165, 1.54) is 16.8 Å². The molecule has 0 unspecified atom stereocenters. The van der Waals surface area contributed by atoms with Crippen molar-refractivity contribution in [2.75, 3.05) is 0 Å². The van der Waals surface area contributed by atoms with Crippen molar-refractivity contribution in [1.29, 1.82) is 0 Å². The summed E-state index contributed by atoms with van der Waals surface area (Å²) < 4.78 is 16.6. The van der Waals surface area contributed by atoms with Crippen molar-refractivity contribution in [3.63, 3.8) is 0 Å². The monoisotopic (exact) mass is 342 g/mol. The van der Waals surface area contributed by atoms with Crippen molar-refractivity contribution in [2.45, 2.75) is 52.6 Å². The molecule has 132 valence electrons. The third-order valence-corrected chi connectivity index (χ3v) is 4.11. The highest BCUT2D eigenvalue weighted by molar-refractivity contribution is 5.80. The van der Waals surface area contributed by atoms with Crippen LogP contribution in [-0.4, -0.2) is 19.6 Å². The van der Waals surface area contributed by atoms with E-state index in [0.717, 1.165) is 11.1 Å². The number of halogens is 1. The third kappa shape index (κ3) is 3.21. The van der Waals surface area contributed by atoms with Gasteiger partial charge in [0.2, 0.25) is 0 Å². The van der Waals surface area contributed by atoms with Crippen LogP contribution in [0.15, 0.2) is 35.3 Å². The van der Waals surface area contributed by atoms with E-state index in [9.17, 15) is 9.18 Å². The van der Waals surface area contributed by atoms with Crippen LogP contribution in [0.3, 0.4) is 0 Å². The van der Waals surface area contributed by atoms with Gasteiger partial charge in [-0.05, 0) is 44.4 Å². The van der Waals surface area contributed by atoms with Gasteiger partial charge in [0.25, 0.3) is 5.56 Å². The van der Waals surface area contributed by atoms with Gasteiger partial charge in [-0.15, -0.1) is 0 Å². The summed E-state index contributed by atoms with van der Waals surface area (Å²) in [6.45, 7) is 10.3. The zero-order valence-electron chi connectivity index (χ0n) is 15.2. The summed E-state index contributed by atoms with van der Waals surface area (Å²) in [7, 11) is 0. The smallest absolute Gasteiger partial charge is 0.265 e. The van der Waals surface area contributed by atoms with Gasteiger partial charge >= 0.3 is 0 Å². The van der Waals surface area contributed by atoms with Crippen LogP contribution in [0.4, 0.5) is 4.39 Å². The molecular weight excluding hydrogens is 319 g/mol. The predicted octanol–water partition coefficient (Wildman–Crippen LogP) is 3.66. The minimum atomic E-state index is -0.326. The molecule has 0 spiro atoms. The molecule has 3 rings (SSSR count). The van der Waals surface area contributed by atoms with Crippen LogP contribution in [0.2, 0.25) is 0 Å². The predicted molar refractivity (Wildman–Crippen MR) is 96.4 cm³/mol. The Bertz CT molecular complexity index is 979. The molecule has 3 aromatic rings. The number of hydrogen-bond donors (Lipinski definition) is 0. The lowest BCUT2D eigenvalue weighted by molar-refractivity contribution is 0.366. The highest BCUT2D eigenvalue weighted by Gasteiger charge is 2.23. The molecule has 2 aromatic heterocycles. The molecule has 6 heteroatoms. The summed E-state index contributed by atoms with van der Waals surface area (Å²) in [4.78, 5) is 13.1. The maximum atomic E-state index is 13.5. The summed E-state index contributed by atoms with van der Waals surface area (Å²) in [5, 5.41) is 9.77. The second kappa shape index (κ2) is 6.10. The van der Waals surface area contributed by atoms with E-state index in [2.05, 4.69) is 10.2 Å². The topological polar surface area (TPSA) is 52.7 Å². The number of rotatable bonds is 3. The van der Waals surface area contributed by atoms with Crippen LogP contribution in [0.25, 0.3) is 10.9 Å². The average molecular weight is 342 g/mol. The molecule has 0 bridgehead atoms. The molecule has 0 atom stereocenters. The number of hydrogen-bond acceptors (Lipinski definition) is 3. The van der Waals surface area contributed by atoms with Crippen molar-refractivity contribution in [1.82, 2.24) is 19.6 Å². The Labute approximate surface area is 146 Å². The van der Waals surface area contributed by atoms with Crippen molar-refractivity contribution in [3.05, 3.63) is 57.9 Å². The van der Waals surface area contributed by atoms with Gasteiger partial charge in [0.05, 0.1) is 24.0 Å². The van der Waals surface area contributed by atoms with Gasteiger partial charge in [-0.1, -0.05) is 26.0 Å². The standard InChI is InChI=1S/C19H23FN4O/c1-12(2)16-15-10-21-24(19(3,4)5)17(15)18(25)23(22-16)11-13-7-6-8-14(20)9-13/h6-10,12H,11H2,1-5H3. The first-order valence-electron chi connectivity index (χ1n) is 8.42. The van der Waals surface area contributed by atoms with Gasteiger partial charge in [0.15, 0.2) is 0 Å². The fourth-order valence-corrected chi connectivity index (χ4v) is 2.94. The van der Waals surface area contributed by atoms with Crippen molar-refractivity contribution in [2.24, 2.45) is 0 Å². The molecule has 25 heavy (non-hydrogen) atoms. The first-order valence-corrected chi connectivity index (χ1v) is 8.42. The zero-order chi connectivity index (χ0) is 18.4. The van der Waals surface area contributed by atoms with Crippen LogP contribution in [0.1, 0.15) is 51.8 Å². The average Bonchev–Trinajstić information content (AvgIpc) is 2.95. The van der Waals surface area contributed by atoms with E-state index >= 15 is 0 Å².